The average molecular weight is 303 g/mol. The summed E-state index contributed by atoms with van der Waals surface area (Å²) in [4.78, 5) is 16.1. The van der Waals surface area contributed by atoms with Crippen LogP contribution in [0, 0.1) is 6.92 Å². The summed E-state index contributed by atoms with van der Waals surface area (Å²) in [7, 11) is 0. The number of carbonyl (C=O) groups is 1. The lowest BCUT2D eigenvalue weighted by molar-refractivity contribution is 0.102. The Morgan fingerprint density at radius 3 is 2.76 bits per heavy atom. The smallest absolute Gasteiger partial charge is 0.263 e. The normalized spacial score (nSPS) is 10.6. The van der Waals surface area contributed by atoms with Crippen LogP contribution in [0.2, 0.25) is 5.15 Å². The number of halogens is 1. The van der Waals surface area contributed by atoms with Gasteiger partial charge in [0.05, 0.1) is 11.4 Å². The molecule has 21 heavy (non-hydrogen) atoms. The molecule has 0 aliphatic carbocycles. The second-order valence-electron chi connectivity index (χ2n) is 4.29. The largest absolute Gasteiger partial charge is 0.291 e. The fourth-order valence-electron chi connectivity index (χ4n) is 1.93. The van der Waals surface area contributed by atoms with Gasteiger partial charge in [0, 0.05) is 0 Å². The first-order valence-electron chi connectivity index (χ1n) is 6.14. The van der Waals surface area contributed by atoms with E-state index >= 15 is 0 Å². The van der Waals surface area contributed by atoms with Crippen molar-refractivity contribution in [1.29, 1.82) is 0 Å². The van der Waals surface area contributed by atoms with E-state index in [0.717, 1.165) is 5.69 Å². The first kappa shape index (κ1) is 13.3. The van der Waals surface area contributed by atoms with Crippen molar-refractivity contribution in [3.05, 3.63) is 53.1 Å². The topological polar surface area (TPSA) is 88.5 Å². The van der Waals surface area contributed by atoms with E-state index in [9.17, 15) is 4.79 Å². The number of nitrogens with one attached hydrogen (secondary N) is 2. The molecule has 0 aliphatic heterocycles. The molecule has 0 fully saturated rings. The van der Waals surface area contributed by atoms with E-state index in [0.29, 0.717) is 11.3 Å². The van der Waals surface area contributed by atoms with E-state index < -0.39 is 5.91 Å². The lowest BCUT2D eigenvalue weighted by atomic mass is 10.2. The summed E-state index contributed by atoms with van der Waals surface area (Å²) in [5.41, 5.74) is 1.61. The third-order valence-corrected chi connectivity index (χ3v) is 3.23. The summed E-state index contributed by atoms with van der Waals surface area (Å²) in [5.74, 6) is -0.139. The third-order valence-electron chi connectivity index (χ3n) is 2.88. The Hall–Kier alpha value is -2.67. The molecular formula is C13H11ClN6O. The molecule has 0 radical (unpaired) electrons. The van der Waals surface area contributed by atoms with E-state index in [4.69, 9.17) is 11.6 Å². The molecule has 106 valence electrons. The highest BCUT2D eigenvalue weighted by atomic mass is 35.5. The molecule has 0 spiro atoms. The van der Waals surface area contributed by atoms with Crippen LogP contribution in [0.3, 0.4) is 0 Å². The number of aryl methyl sites for hydroxylation is 1. The van der Waals surface area contributed by atoms with Gasteiger partial charge in [-0.25, -0.2) is 9.78 Å². The molecule has 2 N–H and O–H groups in total. The Balaban J connectivity index is 1.97. The molecule has 3 rings (SSSR count). The quantitative estimate of drug-likeness (QED) is 0.776. The van der Waals surface area contributed by atoms with Crippen LogP contribution in [0.15, 0.2) is 36.7 Å². The lowest BCUT2D eigenvalue weighted by Crippen LogP contribution is -2.14. The van der Waals surface area contributed by atoms with Crippen molar-refractivity contribution < 1.29 is 4.79 Å². The standard InChI is InChI=1S/C13H11ClN6O/c1-8-10(12(21)17-13-15-7-16-18-13)11(14)20(19-8)9-5-3-2-4-6-9/h2-7H,1H3,(H2,15,16,17,18,21). The Labute approximate surface area is 125 Å². The Morgan fingerprint density at radius 2 is 2.10 bits per heavy atom. The molecule has 0 atom stereocenters. The van der Waals surface area contributed by atoms with Crippen molar-refractivity contribution in [1.82, 2.24) is 25.0 Å². The second kappa shape index (κ2) is 5.37. The van der Waals surface area contributed by atoms with Gasteiger partial charge in [0.15, 0.2) is 0 Å². The lowest BCUT2D eigenvalue weighted by Gasteiger charge is -2.03. The van der Waals surface area contributed by atoms with Gasteiger partial charge in [0.1, 0.15) is 17.0 Å². The molecule has 1 amide bonds. The minimum atomic E-state index is -0.392. The Kier molecular flexibility index (Phi) is 3.41. The summed E-state index contributed by atoms with van der Waals surface area (Å²) in [6, 6.07) is 9.35. The molecule has 1 aromatic carbocycles. The minimum absolute atomic E-state index is 0.246. The fourth-order valence-corrected chi connectivity index (χ4v) is 2.29. The van der Waals surface area contributed by atoms with E-state index in [1.807, 2.05) is 30.3 Å². The average Bonchev–Trinajstić information content (AvgIpc) is 3.08. The fraction of sp³-hybridized carbons (Fsp3) is 0.0769. The van der Waals surface area contributed by atoms with Gasteiger partial charge in [-0.05, 0) is 19.1 Å². The van der Waals surface area contributed by atoms with Gasteiger partial charge in [-0.2, -0.15) is 15.2 Å². The van der Waals surface area contributed by atoms with Crippen molar-refractivity contribution >= 4 is 23.5 Å². The minimum Gasteiger partial charge on any atom is -0.291 e. The van der Waals surface area contributed by atoms with Gasteiger partial charge in [0.25, 0.3) is 5.91 Å². The van der Waals surface area contributed by atoms with Gasteiger partial charge >= 0.3 is 0 Å². The van der Waals surface area contributed by atoms with Crippen molar-refractivity contribution in [2.24, 2.45) is 0 Å². The maximum atomic E-state index is 12.3. The van der Waals surface area contributed by atoms with Crippen LogP contribution >= 0.6 is 11.6 Å². The van der Waals surface area contributed by atoms with Crippen LogP contribution in [0.5, 0.6) is 0 Å². The van der Waals surface area contributed by atoms with E-state index in [1.54, 1.807) is 6.92 Å². The molecule has 0 unspecified atom stereocenters. The summed E-state index contributed by atoms with van der Waals surface area (Å²) in [6.07, 6.45) is 1.30. The van der Waals surface area contributed by atoms with Crippen molar-refractivity contribution in [3.8, 4) is 5.69 Å². The van der Waals surface area contributed by atoms with Crippen LogP contribution < -0.4 is 5.32 Å². The number of H-pyrrole nitrogens is 1. The molecule has 2 heterocycles. The maximum absolute atomic E-state index is 12.3. The first-order valence-corrected chi connectivity index (χ1v) is 6.52. The molecule has 3 aromatic rings. The summed E-state index contributed by atoms with van der Waals surface area (Å²) < 4.78 is 1.52. The second-order valence-corrected chi connectivity index (χ2v) is 4.64. The maximum Gasteiger partial charge on any atom is 0.263 e. The number of aromatic nitrogens is 5. The van der Waals surface area contributed by atoms with Gasteiger partial charge in [-0.1, -0.05) is 29.8 Å². The molecule has 2 aromatic heterocycles. The van der Waals surface area contributed by atoms with Crippen LogP contribution in [-0.2, 0) is 0 Å². The van der Waals surface area contributed by atoms with Gasteiger partial charge in [-0.3, -0.25) is 10.1 Å². The van der Waals surface area contributed by atoms with Crippen LogP contribution in [0.4, 0.5) is 5.95 Å². The van der Waals surface area contributed by atoms with Crippen molar-refractivity contribution in [2.45, 2.75) is 6.92 Å². The SMILES string of the molecule is Cc1nn(-c2ccccc2)c(Cl)c1C(=O)Nc1ncn[nH]1. The third kappa shape index (κ3) is 2.50. The van der Waals surface area contributed by atoms with Crippen LogP contribution in [-0.4, -0.2) is 30.9 Å². The zero-order valence-corrected chi connectivity index (χ0v) is 11.8. The van der Waals surface area contributed by atoms with Crippen molar-refractivity contribution in [3.63, 3.8) is 0 Å². The predicted molar refractivity (Wildman–Crippen MR) is 77.6 cm³/mol. The Bertz CT molecular complexity index is 766. The van der Waals surface area contributed by atoms with Gasteiger partial charge < -0.3 is 0 Å². The number of amides is 1. The van der Waals surface area contributed by atoms with Crippen LogP contribution in [0.25, 0.3) is 5.69 Å². The van der Waals surface area contributed by atoms with Gasteiger partial charge in [0.2, 0.25) is 5.95 Å². The van der Waals surface area contributed by atoms with Crippen molar-refractivity contribution in [2.75, 3.05) is 5.32 Å². The molecule has 0 saturated heterocycles. The van der Waals surface area contributed by atoms with E-state index in [2.05, 4.69) is 25.6 Å². The zero-order valence-electron chi connectivity index (χ0n) is 11.0. The number of benzene rings is 1. The number of nitrogens with zero attached hydrogens (tertiary/aromatic N) is 4. The molecule has 0 aliphatic rings. The van der Waals surface area contributed by atoms with Gasteiger partial charge in [-0.15, -0.1) is 0 Å². The summed E-state index contributed by atoms with van der Waals surface area (Å²) >= 11 is 6.29. The number of para-hydroxylation sites is 1. The molecule has 7 nitrogen and oxygen atoms in total. The van der Waals surface area contributed by atoms with E-state index in [-0.39, 0.29) is 11.1 Å². The number of rotatable bonds is 3. The number of hydrogen-bond donors (Lipinski definition) is 2. The molecule has 0 saturated carbocycles. The monoisotopic (exact) mass is 302 g/mol. The summed E-state index contributed by atoms with van der Waals surface area (Å²) in [6.45, 7) is 1.72. The predicted octanol–water partition coefficient (Wildman–Crippen LogP) is 2.20. The number of hydrogen-bond acceptors (Lipinski definition) is 4. The Morgan fingerprint density at radius 1 is 1.33 bits per heavy atom. The highest BCUT2D eigenvalue weighted by molar-refractivity contribution is 6.33. The van der Waals surface area contributed by atoms with E-state index in [1.165, 1.54) is 11.0 Å². The molecule has 0 bridgehead atoms. The molecule has 8 heteroatoms. The highest BCUT2D eigenvalue weighted by Gasteiger charge is 2.21. The first-order chi connectivity index (χ1) is 10.2. The summed E-state index contributed by atoms with van der Waals surface area (Å²) in [5, 5.41) is 13.3. The zero-order chi connectivity index (χ0) is 14.8. The number of aromatic amines is 1. The van der Waals surface area contributed by atoms with Crippen LogP contribution in [0.1, 0.15) is 16.1 Å². The highest BCUT2D eigenvalue weighted by Crippen LogP contribution is 2.24. The number of carbonyl (C=O) groups excluding carboxylic acids is 1. The molecular weight excluding hydrogens is 292 g/mol. The number of anilines is 1.